The summed E-state index contributed by atoms with van der Waals surface area (Å²) in [5.74, 6) is 0.913. The van der Waals surface area contributed by atoms with Gasteiger partial charge in [-0.2, -0.15) is 0 Å². The van der Waals surface area contributed by atoms with E-state index in [9.17, 15) is 4.79 Å². The van der Waals surface area contributed by atoms with Gasteiger partial charge in [0.05, 0.1) is 19.3 Å². The number of aldehydes is 1. The Morgan fingerprint density at radius 1 is 1.24 bits per heavy atom. The number of ether oxygens (including phenoxy) is 1. The molecule has 0 N–H and O–H groups in total. The van der Waals surface area contributed by atoms with Crippen molar-refractivity contribution < 1.29 is 9.53 Å². The van der Waals surface area contributed by atoms with Crippen LogP contribution in [0.3, 0.4) is 0 Å². The van der Waals surface area contributed by atoms with Gasteiger partial charge >= 0.3 is 0 Å². The Morgan fingerprint density at radius 3 is 2.59 bits per heavy atom. The molecule has 0 amide bonds. The molecule has 0 spiro atoms. The van der Waals surface area contributed by atoms with E-state index < -0.39 is 0 Å². The zero-order valence-corrected chi connectivity index (χ0v) is 10.1. The molecule has 4 heteroatoms. The minimum absolute atomic E-state index is 0.541. The molecule has 1 aromatic carbocycles. The van der Waals surface area contributed by atoms with Crippen molar-refractivity contribution in [2.45, 2.75) is 0 Å². The molecular weight excluding hydrogens is 216 g/mol. The molecule has 1 aromatic rings. The minimum atomic E-state index is 0.541. The van der Waals surface area contributed by atoms with Gasteiger partial charge < -0.3 is 14.4 Å². The Balaban J connectivity index is 2.02. The number of nitrogens with zero attached hydrogens (tertiary/aromatic N) is 2. The van der Waals surface area contributed by atoms with E-state index in [0.717, 1.165) is 43.9 Å². The van der Waals surface area contributed by atoms with E-state index >= 15 is 0 Å². The van der Waals surface area contributed by atoms with Gasteiger partial charge in [-0.25, -0.2) is 0 Å². The molecule has 17 heavy (non-hydrogen) atoms. The van der Waals surface area contributed by atoms with Gasteiger partial charge in [-0.05, 0) is 12.1 Å². The highest BCUT2D eigenvalue weighted by atomic mass is 16.5. The quantitative estimate of drug-likeness (QED) is 0.728. The van der Waals surface area contributed by atoms with Crippen LogP contribution in [0, 0.1) is 0 Å². The number of carbonyl (C=O) groups is 1. The first-order chi connectivity index (χ1) is 8.35. The molecule has 1 aliphatic heterocycles. The summed E-state index contributed by atoms with van der Waals surface area (Å²) >= 11 is 0. The zero-order chi connectivity index (χ0) is 12.1. The fourth-order valence-corrected chi connectivity index (χ4v) is 2.17. The van der Waals surface area contributed by atoms with E-state index in [1.165, 1.54) is 0 Å². The third kappa shape index (κ3) is 2.77. The Labute approximate surface area is 102 Å². The summed E-state index contributed by atoms with van der Waals surface area (Å²) < 4.78 is 5.36. The molecular formula is C13H18N2O2. The predicted octanol–water partition coefficient (Wildman–Crippen LogP) is 1.02. The van der Waals surface area contributed by atoms with Crippen LogP contribution in [0.1, 0.15) is 0 Å². The number of hydrogen-bond acceptors (Lipinski definition) is 4. The molecule has 4 nitrogen and oxygen atoms in total. The molecule has 0 aromatic heterocycles. The van der Waals surface area contributed by atoms with Crippen LogP contribution < -0.4 is 9.64 Å². The fraction of sp³-hybridized carbons (Fsp3) is 0.462. The van der Waals surface area contributed by atoms with Crippen molar-refractivity contribution in [1.82, 2.24) is 4.90 Å². The maximum Gasteiger partial charge on any atom is 0.142 e. The van der Waals surface area contributed by atoms with Crippen LogP contribution in [-0.4, -0.2) is 51.0 Å². The van der Waals surface area contributed by atoms with E-state index in [1.807, 2.05) is 18.2 Å². The summed E-state index contributed by atoms with van der Waals surface area (Å²) in [4.78, 5) is 14.9. The maximum atomic E-state index is 10.4. The molecule has 0 bridgehead atoms. The average Bonchev–Trinajstić information content (AvgIpc) is 2.40. The van der Waals surface area contributed by atoms with E-state index in [1.54, 1.807) is 7.11 Å². The van der Waals surface area contributed by atoms with Crippen LogP contribution in [-0.2, 0) is 4.79 Å². The van der Waals surface area contributed by atoms with Crippen molar-refractivity contribution in [3.8, 4) is 5.75 Å². The van der Waals surface area contributed by atoms with Crippen molar-refractivity contribution in [2.24, 2.45) is 0 Å². The summed E-state index contributed by atoms with van der Waals surface area (Å²) in [6.45, 7) is 4.27. The zero-order valence-electron chi connectivity index (χ0n) is 10.1. The summed E-state index contributed by atoms with van der Waals surface area (Å²) in [7, 11) is 1.70. The van der Waals surface area contributed by atoms with Crippen LogP contribution in [0.4, 0.5) is 5.69 Å². The normalized spacial score (nSPS) is 16.9. The topological polar surface area (TPSA) is 32.8 Å². The van der Waals surface area contributed by atoms with E-state index in [2.05, 4.69) is 15.9 Å². The third-order valence-corrected chi connectivity index (χ3v) is 3.13. The van der Waals surface area contributed by atoms with Gasteiger partial charge in [-0.15, -0.1) is 0 Å². The summed E-state index contributed by atoms with van der Waals surface area (Å²) in [5, 5.41) is 0. The first kappa shape index (κ1) is 11.9. The van der Waals surface area contributed by atoms with Crippen LogP contribution in [0.15, 0.2) is 24.3 Å². The lowest BCUT2D eigenvalue weighted by Crippen LogP contribution is -2.47. The van der Waals surface area contributed by atoms with Crippen molar-refractivity contribution in [3.05, 3.63) is 24.3 Å². The third-order valence-electron chi connectivity index (χ3n) is 3.13. The fourth-order valence-electron chi connectivity index (χ4n) is 2.17. The highest BCUT2D eigenvalue weighted by Crippen LogP contribution is 2.28. The Kier molecular flexibility index (Phi) is 3.98. The molecule has 1 heterocycles. The van der Waals surface area contributed by atoms with Gasteiger partial charge in [-0.1, -0.05) is 12.1 Å². The second-order valence-electron chi connectivity index (χ2n) is 4.13. The average molecular weight is 234 g/mol. The lowest BCUT2D eigenvalue weighted by molar-refractivity contribution is -0.108. The van der Waals surface area contributed by atoms with E-state index in [4.69, 9.17) is 4.74 Å². The van der Waals surface area contributed by atoms with Gasteiger partial charge in [-0.3, -0.25) is 4.90 Å². The summed E-state index contributed by atoms with van der Waals surface area (Å²) in [6.07, 6.45) is 0.971. The Morgan fingerprint density at radius 2 is 1.94 bits per heavy atom. The number of piperazine rings is 1. The monoisotopic (exact) mass is 234 g/mol. The molecule has 92 valence electrons. The standard InChI is InChI=1S/C13H18N2O2/c1-17-13-5-3-2-4-12(13)15-8-6-14(7-9-15)10-11-16/h2-5,11H,6-10H2,1H3. The number of methoxy groups -OCH3 is 1. The van der Waals surface area contributed by atoms with Crippen molar-refractivity contribution >= 4 is 12.0 Å². The lowest BCUT2D eigenvalue weighted by atomic mass is 10.2. The molecule has 2 rings (SSSR count). The van der Waals surface area contributed by atoms with Crippen LogP contribution in [0.5, 0.6) is 5.75 Å². The molecule has 1 saturated heterocycles. The molecule has 0 atom stereocenters. The predicted molar refractivity (Wildman–Crippen MR) is 67.7 cm³/mol. The highest BCUT2D eigenvalue weighted by molar-refractivity contribution is 5.59. The van der Waals surface area contributed by atoms with E-state index in [0.29, 0.717) is 6.54 Å². The number of benzene rings is 1. The number of carbonyl (C=O) groups excluding carboxylic acids is 1. The summed E-state index contributed by atoms with van der Waals surface area (Å²) in [5.41, 5.74) is 1.14. The largest absolute Gasteiger partial charge is 0.495 e. The highest BCUT2D eigenvalue weighted by Gasteiger charge is 2.18. The summed E-state index contributed by atoms with van der Waals surface area (Å²) in [6, 6.07) is 8.06. The molecule has 0 saturated carbocycles. The van der Waals surface area contributed by atoms with Crippen LogP contribution >= 0.6 is 0 Å². The smallest absolute Gasteiger partial charge is 0.142 e. The number of anilines is 1. The molecule has 1 aliphatic rings. The van der Waals surface area contributed by atoms with Crippen molar-refractivity contribution in [2.75, 3.05) is 44.7 Å². The second kappa shape index (κ2) is 5.68. The SMILES string of the molecule is COc1ccccc1N1CCN(CC=O)CC1. The Bertz CT molecular complexity index is 373. The Hall–Kier alpha value is -1.55. The van der Waals surface area contributed by atoms with Gasteiger partial charge in [0, 0.05) is 26.2 Å². The maximum absolute atomic E-state index is 10.4. The molecule has 0 aliphatic carbocycles. The molecule has 1 fully saturated rings. The van der Waals surface area contributed by atoms with Crippen molar-refractivity contribution in [1.29, 1.82) is 0 Å². The second-order valence-corrected chi connectivity index (χ2v) is 4.13. The van der Waals surface area contributed by atoms with Gasteiger partial charge in [0.1, 0.15) is 12.0 Å². The molecule has 0 unspecified atom stereocenters. The lowest BCUT2D eigenvalue weighted by Gasteiger charge is -2.35. The molecule has 0 radical (unpaired) electrons. The van der Waals surface area contributed by atoms with Gasteiger partial charge in [0.15, 0.2) is 0 Å². The van der Waals surface area contributed by atoms with Gasteiger partial charge in [0.25, 0.3) is 0 Å². The minimum Gasteiger partial charge on any atom is -0.495 e. The van der Waals surface area contributed by atoms with Crippen molar-refractivity contribution in [3.63, 3.8) is 0 Å². The van der Waals surface area contributed by atoms with Crippen LogP contribution in [0.25, 0.3) is 0 Å². The van der Waals surface area contributed by atoms with Crippen LogP contribution in [0.2, 0.25) is 0 Å². The van der Waals surface area contributed by atoms with Gasteiger partial charge in [0.2, 0.25) is 0 Å². The first-order valence-electron chi connectivity index (χ1n) is 5.89. The number of hydrogen-bond donors (Lipinski definition) is 0. The van der Waals surface area contributed by atoms with E-state index in [-0.39, 0.29) is 0 Å². The number of rotatable bonds is 4. The first-order valence-corrected chi connectivity index (χ1v) is 5.89. The number of para-hydroxylation sites is 2.